The summed E-state index contributed by atoms with van der Waals surface area (Å²) >= 11 is 3.81. The van der Waals surface area contributed by atoms with Crippen LogP contribution in [0.2, 0.25) is 0 Å². The minimum absolute atomic E-state index is 0.177. The molecule has 514 valence electrons. The lowest BCUT2D eigenvalue weighted by atomic mass is 9.63. The number of hydrogen-bond donors (Lipinski definition) is 0. The molecule has 12 rings (SSSR count). The molecule has 0 bridgehead atoms. The van der Waals surface area contributed by atoms with Crippen LogP contribution >= 0.6 is 15.9 Å². The van der Waals surface area contributed by atoms with Crippen LogP contribution in [0.15, 0.2) is 188 Å². The fourth-order valence-corrected chi connectivity index (χ4v) is 18.7. The third kappa shape index (κ3) is 15.4. The van der Waals surface area contributed by atoms with Gasteiger partial charge in [0.1, 0.15) is 0 Å². The van der Waals surface area contributed by atoms with Crippen molar-refractivity contribution in [2.45, 2.75) is 256 Å². The maximum atomic E-state index is 3.81. The predicted octanol–water partition coefficient (Wildman–Crippen LogP) is 30.5. The van der Waals surface area contributed by atoms with Crippen molar-refractivity contribution >= 4 is 40.2 Å². The summed E-state index contributed by atoms with van der Waals surface area (Å²) in [6, 6.07) is 74.4. The second-order valence-corrected chi connectivity index (χ2v) is 30.8. The fraction of sp³-hybridized carbons (Fsp3) is 0.408. The Labute approximate surface area is 607 Å². The SMILES string of the molecule is CCCCCCC1(CCCCCC)c2cc(-c3ccc(/C=C/c4ccccc4)cc3)ccc2-c2c1c1c(c3c2C(CCCCCC)(CCCCCC)c2cc(-c4ccc(CBr)cc4)ccc2-3)C(CCCCCC)(CCCCCC)c2cc(-c3ccc(/C=C/c4ccccc4)cc3)ccc2-1. The maximum Gasteiger partial charge on any atom is 0.0283 e. The first kappa shape index (κ1) is 71.8. The number of fused-ring (bicyclic) bond motifs is 12. The van der Waals surface area contributed by atoms with Gasteiger partial charge in [-0.05, 0) is 185 Å². The van der Waals surface area contributed by atoms with Crippen molar-refractivity contribution in [2.24, 2.45) is 0 Å². The van der Waals surface area contributed by atoms with Gasteiger partial charge < -0.3 is 0 Å². The molecular formula is C98H115Br. The van der Waals surface area contributed by atoms with Crippen molar-refractivity contribution in [3.8, 4) is 66.8 Å². The molecule has 0 spiro atoms. The summed E-state index contributed by atoms with van der Waals surface area (Å²) in [4.78, 5) is 0. The van der Waals surface area contributed by atoms with Crippen molar-refractivity contribution in [3.05, 3.63) is 249 Å². The van der Waals surface area contributed by atoms with E-state index in [2.05, 4.69) is 270 Å². The Balaban J connectivity index is 1.20. The molecule has 0 N–H and O–H groups in total. The molecule has 0 heterocycles. The fourth-order valence-electron chi connectivity index (χ4n) is 18.3. The highest BCUT2D eigenvalue weighted by molar-refractivity contribution is 9.08. The van der Waals surface area contributed by atoms with Crippen LogP contribution in [0.5, 0.6) is 0 Å². The Morgan fingerprint density at radius 3 is 0.747 bits per heavy atom. The van der Waals surface area contributed by atoms with Gasteiger partial charge in [0.05, 0.1) is 0 Å². The molecule has 0 nitrogen and oxygen atoms in total. The Morgan fingerprint density at radius 2 is 0.495 bits per heavy atom. The second-order valence-electron chi connectivity index (χ2n) is 30.2. The van der Waals surface area contributed by atoms with Crippen LogP contribution < -0.4 is 0 Å². The summed E-state index contributed by atoms with van der Waals surface area (Å²) < 4.78 is 0. The minimum Gasteiger partial charge on any atom is -0.0876 e. The highest BCUT2D eigenvalue weighted by Gasteiger charge is 2.58. The van der Waals surface area contributed by atoms with Gasteiger partial charge in [0.2, 0.25) is 0 Å². The third-order valence-electron chi connectivity index (χ3n) is 23.6. The van der Waals surface area contributed by atoms with Crippen LogP contribution in [0.3, 0.4) is 0 Å². The van der Waals surface area contributed by atoms with Gasteiger partial charge in [0.25, 0.3) is 0 Å². The normalized spacial score (nSPS) is 14.2. The molecule has 1 heteroatoms. The number of rotatable bonds is 38. The van der Waals surface area contributed by atoms with Crippen LogP contribution in [0.1, 0.15) is 295 Å². The molecule has 0 atom stereocenters. The quantitative estimate of drug-likeness (QED) is 0.0206. The van der Waals surface area contributed by atoms with Crippen LogP contribution in [0.4, 0.5) is 0 Å². The highest BCUT2D eigenvalue weighted by Crippen LogP contribution is 2.72. The van der Waals surface area contributed by atoms with Crippen molar-refractivity contribution in [3.63, 3.8) is 0 Å². The number of hydrogen-bond acceptors (Lipinski definition) is 0. The van der Waals surface area contributed by atoms with E-state index in [1.54, 1.807) is 66.8 Å². The van der Waals surface area contributed by atoms with Gasteiger partial charge >= 0.3 is 0 Å². The number of halogens is 1. The molecule has 3 aliphatic carbocycles. The summed E-state index contributed by atoms with van der Waals surface area (Å²) in [5.41, 5.74) is 33.5. The lowest BCUT2D eigenvalue weighted by molar-refractivity contribution is 0.389. The average molecular weight is 1370 g/mol. The van der Waals surface area contributed by atoms with E-state index in [9.17, 15) is 0 Å². The lowest BCUT2D eigenvalue weighted by Gasteiger charge is -2.40. The molecule has 99 heavy (non-hydrogen) atoms. The van der Waals surface area contributed by atoms with Gasteiger partial charge in [0, 0.05) is 21.6 Å². The van der Waals surface area contributed by atoms with Crippen molar-refractivity contribution in [1.82, 2.24) is 0 Å². The van der Waals surface area contributed by atoms with E-state index in [1.807, 2.05) is 0 Å². The van der Waals surface area contributed by atoms with Crippen LogP contribution in [0, 0.1) is 0 Å². The number of unbranched alkanes of at least 4 members (excludes halogenated alkanes) is 18. The molecule has 0 radical (unpaired) electrons. The van der Waals surface area contributed by atoms with Crippen molar-refractivity contribution in [1.29, 1.82) is 0 Å². The molecule has 9 aromatic carbocycles. The molecule has 0 fully saturated rings. The smallest absolute Gasteiger partial charge is 0.0283 e. The Hall–Kier alpha value is -7.06. The van der Waals surface area contributed by atoms with Gasteiger partial charge in [-0.2, -0.15) is 0 Å². The molecule has 0 aliphatic heterocycles. The van der Waals surface area contributed by atoms with Gasteiger partial charge in [-0.1, -0.05) is 406 Å². The molecular weight excluding hydrogens is 1260 g/mol. The third-order valence-corrected chi connectivity index (χ3v) is 24.2. The van der Waals surface area contributed by atoms with Gasteiger partial charge in [0.15, 0.2) is 0 Å². The van der Waals surface area contributed by atoms with E-state index in [4.69, 9.17) is 0 Å². The predicted molar refractivity (Wildman–Crippen MR) is 437 cm³/mol. The van der Waals surface area contributed by atoms with Crippen molar-refractivity contribution in [2.75, 3.05) is 0 Å². The van der Waals surface area contributed by atoms with E-state index in [0.717, 1.165) is 5.33 Å². The first-order chi connectivity index (χ1) is 48.8. The highest BCUT2D eigenvalue weighted by atomic mass is 79.9. The van der Waals surface area contributed by atoms with Crippen molar-refractivity contribution < 1.29 is 0 Å². The molecule has 0 saturated heterocycles. The second kappa shape index (κ2) is 34.5. The summed E-state index contributed by atoms with van der Waals surface area (Å²) in [7, 11) is 0. The summed E-state index contributed by atoms with van der Waals surface area (Å²) in [5.74, 6) is 0. The maximum absolute atomic E-state index is 3.81. The van der Waals surface area contributed by atoms with E-state index in [0.29, 0.717) is 0 Å². The zero-order valence-electron chi connectivity index (χ0n) is 61.5. The van der Waals surface area contributed by atoms with Gasteiger partial charge in [-0.25, -0.2) is 0 Å². The molecule has 0 amide bonds. The Bertz CT molecular complexity index is 3980. The number of benzene rings is 9. The zero-order chi connectivity index (χ0) is 68.4. The Kier molecular flexibility index (Phi) is 25.0. The topological polar surface area (TPSA) is 0 Å². The molecule has 0 aromatic heterocycles. The minimum atomic E-state index is -0.188. The average Bonchev–Trinajstić information content (AvgIpc) is 1.48. The van der Waals surface area contributed by atoms with E-state index >= 15 is 0 Å². The summed E-state index contributed by atoms with van der Waals surface area (Å²) in [6.45, 7) is 14.5. The van der Waals surface area contributed by atoms with E-state index in [1.165, 1.54) is 254 Å². The van der Waals surface area contributed by atoms with Crippen LogP contribution in [0.25, 0.3) is 91.1 Å². The lowest BCUT2D eigenvalue weighted by Crippen LogP contribution is -2.31. The van der Waals surface area contributed by atoms with Gasteiger partial charge in [-0.3, -0.25) is 0 Å². The standard InChI is InChI=1S/C98H115Br/c1-7-13-19-31-63-96(64-32-20-14-8-2)88-70-82(79-53-47-76(48-54-79)44-42-74-39-29-26-30-40-74)58-61-85(88)91-93(96)90-84-60-57-81(78-51-45-75(46-52-78)43-41-73-37-27-25-28-38-73)69-87(84)97(65-33-21-15-9-3,66-34-22-16-10-4)94(90)92-86-62-59-83(80-55-49-77(72-99)50-56-80)71-89(86)98(95(91)92,67-35-23-17-11-5)68-36-24-18-12-6/h25-30,37-62,69-71H,7-24,31-36,63-68,72H2,1-6H3/b43-41+,44-42+. The first-order valence-electron chi connectivity index (χ1n) is 39.8. The molecule has 9 aromatic rings. The van der Waals surface area contributed by atoms with Crippen LogP contribution in [-0.2, 0) is 21.6 Å². The van der Waals surface area contributed by atoms with Gasteiger partial charge in [-0.15, -0.1) is 0 Å². The first-order valence-corrected chi connectivity index (χ1v) is 40.9. The zero-order valence-corrected chi connectivity index (χ0v) is 63.1. The van der Waals surface area contributed by atoms with E-state index < -0.39 is 0 Å². The molecule has 0 saturated carbocycles. The summed E-state index contributed by atoms with van der Waals surface area (Å²) in [6.07, 6.45) is 46.3. The monoisotopic (exact) mass is 1370 g/mol. The van der Waals surface area contributed by atoms with Crippen LogP contribution in [-0.4, -0.2) is 0 Å². The molecule has 3 aliphatic rings. The number of alkyl halides is 1. The Morgan fingerprint density at radius 1 is 0.253 bits per heavy atom. The largest absolute Gasteiger partial charge is 0.0876 e. The summed E-state index contributed by atoms with van der Waals surface area (Å²) in [5, 5.41) is 0.865. The van der Waals surface area contributed by atoms with E-state index in [-0.39, 0.29) is 16.2 Å². The molecule has 0 unspecified atom stereocenters.